The van der Waals surface area contributed by atoms with E-state index in [1.165, 1.54) is 0 Å². The maximum atomic E-state index is 13.0. The third-order valence-corrected chi connectivity index (χ3v) is 4.81. The largest absolute Gasteiger partial charge is 0.486 e. The lowest BCUT2D eigenvalue weighted by Crippen LogP contribution is -2.42. The summed E-state index contributed by atoms with van der Waals surface area (Å²) in [6.07, 6.45) is 3.85. The monoisotopic (exact) mass is 353 g/mol. The van der Waals surface area contributed by atoms with E-state index >= 15 is 0 Å². The maximum Gasteiger partial charge on any atom is 0.257 e. The minimum atomic E-state index is -0.189. The number of ether oxygens (including phenoxy) is 2. The average Bonchev–Trinajstić information content (AvgIpc) is 3.22. The Bertz CT molecular complexity index is 789. The molecule has 6 nitrogen and oxygen atoms in total. The highest BCUT2D eigenvalue weighted by molar-refractivity contribution is 5.98. The predicted octanol–water partition coefficient (Wildman–Crippen LogP) is 2.59. The van der Waals surface area contributed by atoms with E-state index in [2.05, 4.69) is 9.88 Å². The van der Waals surface area contributed by atoms with Gasteiger partial charge in [0, 0.05) is 26.3 Å². The summed E-state index contributed by atoms with van der Waals surface area (Å²) in [5, 5.41) is 0. The molecule has 0 aliphatic carbocycles. The molecule has 136 valence electrons. The van der Waals surface area contributed by atoms with Crippen LogP contribution in [0, 0.1) is 0 Å². The molecule has 1 aromatic heterocycles. The number of hydrogen-bond donors (Lipinski definition) is 0. The van der Waals surface area contributed by atoms with E-state index in [9.17, 15) is 4.79 Å². The van der Waals surface area contributed by atoms with Crippen LogP contribution in [0.3, 0.4) is 0 Å². The van der Waals surface area contributed by atoms with Crippen LogP contribution in [0.5, 0.6) is 11.5 Å². The number of anilines is 1. The van der Waals surface area contributed by atoms with Crippen LogP contribution in [0.4, 0.5) is 5.82 Å². The number of rotatable bonds is 4. The summed E-state index contributed by atoms with van der Waals surface area (Å²) in [4.78, 5) is 21.4. The van der Waals surface area contributed by atoms with Crippen LogP contribution < -0.4 is 14.4 Å². The molecule has 1 fully saturated rings. The van der Waals surface area contributed by atoms with Gasteiger partial charge >= 0.3 is 0 Å². The third kappa shape index (κ3) is 3.31. The molecule has 0 bridgehead atoms. The lowest BCUT2D eigenvalue weighted by molar-refractivity contribution is 0.0521. The SMILES string of the molecule is CN(C[C@@H]1COc2ccccc2O1)C(=O)c1cccnc1N1CCCC1. The van der Waals surface area contributed by atoms with Gasteiger partial charge in [-0.15, -0.1) is 0 Å². The molecular formula is C20H23N3O3. The Labute approximate surface area is 153 Å². The van der Waals surface area contributed by atoms with Crippen LogP contribution >= 0.6 is 0 Å². The highest BCUT2D eigenvalue weighted by atomic mass is 16.6. The summed E-state index contributed by atoms with van der Waals surface area (Å²) < 4.78 is 11.7. The molecule has 4 rings (SSSR count). The first-order chi connectivity index (χ1) is 12.7. The van der Waals surface area contributed by atoms with Gasteiger partial charge in [-0.25, -0.2) is 4.98 Å². The smallest absolute Gasteiger partial charge is 0.257 e. The summed E-state index contributed by atoms with van der Waals surface area (Å²) in [5.41, 5.74) is 0.647. The second kappa shape index (κ2) is 7.23. The van der Waals surface area contributed by atoms with Crippen LogP contribution in [-0.2, 0) is 0 Å². The van der Waals surface area contributed by atoms with Gasteiger partial charge < -0.3 is 19.3 Å². The Hall–Kier alpha value is -2.76. The quantitative estimate of drug-likeness (QED) is 0.846. The lowest BCUT2D eigenvalue weighted by atomic mass is 10.2. The Morgan fingerprint density at radius 2 is 1.96 bits per heavy atom. The van der Waals surface area contributed by atoms with E-state index in [1.807, 2.05) is 36.4 Å². The lowest BCUT2D eigenvalue weighted by Gasteiger charge is -2.30. The van der Waals surface area contributed by atoms with Crippen molar-refractivity contribution in [3.8, 4) is 11.5 Å². The van der Waals surface area contributed by atoms with Crippen molar-refractivity contribution in [2.45, 2.75) is 18.9 Å². The Kier molecular flexibility index (Phi) is 4.65. The molecule has 0 unspecified atom stereocenters. The third-order valence-electron chi connectivity index (χ3n) is 4.81. The van der Waals surface area contributed by atoms with E-state index < -0.39 is 0 Å². The van der Waals surface area contributed by atoms with Crippen LogP contribution in [0.15, 0.2) is 42.6 Å². The molecule has 0 saturated carbocycles. The van der Waals surface area contributed by atoms with Gasteiger partial charge in [-0.05, 0) is 37.1 Å². The minimum Gasteiger partial charge on any atom is -0.486 e. The van der Waals surface area contributed by atoms with E-state index in [0.29, 0.717) is 18.7 Å². The van der Waals surface area contributed by atoms with E-state index in [1.54, 1.807) is 18.1 Å². The van der Waals surface area contributed by atoms with Crippen molar-refractivity contribution < 1.29 is 14.3 Å². The van der Waals surface area contributed by atoms with E-state index in [0.717, 1.165) is 43.2 Å². The van der Waals surface area contributed by atoms with Gasteiger partial charge in [-0.3, -0.25) is 4.79 Å². The molecule has 0 spiro atoms. The fraction of sp³-hybridized carbons (Fsp3) is 0.400. The Morgan fingerprint density at radius 1 is 1.19 bits per heavy atom. The molecule has 1 saturated heterocycles. The fourth-order valence-corrected chi connectivity index (χ4v) is 3.49. The average molecular weight is 353 g/mol. The normalized spacial score (nSPS) is 18.7. The number of pyridine rings is 1. The number of likely N-dealkylation sites (N-methyl/N-ethyl adjacent to an activating group) is 1. The van der Waals surface area contributed by atoms with Gasteiger partial charge in [0.2, 0.25) is 0 Å². The van der Waals surface area contributed by atoms with Crippen molar-refractivity contribution in [3.05, 3.63) is 48.2 Å². The molecule has 0 radical (unpaired) electrons. The van der Waals surface area contributed by atoms with Crippen LogP contribution in [-0.4, -0.2) is 55.2 Å². The second-order valence-corrected chi connectivity index (χ2v) is 6.75. The first-order valence-corrected chi connectivity index (χ1v) is 9.06. The molecule has 26 heavy (non-hydrogen) atoms. The number of nitrogens with zero attached hydrogens (tertiary/aromatic N) is 3. The zero-order chi connectivity index (χ0) is 17.9. The number of para-hydroxylation sites is 2. The maximum absolute atomic E-state index is 13.0. The van der Waals surface area contributed by atoms with Crippen molar-refractivity contribution in [3.63, 3.8) is 0 Å². The Morgan fingerprint density at radius 3 is 2.77 bits per heavy atom. The zero-order valence-electron chi connectivity index (χ0n) is 14.9. The number of fused-ring (bicyclic) bond motifs is 1. The number of benzene rings is 1. The molecular weight excluding hydrogens is 330 g/mol. The number of carbonyl (C=O) groups excluding carboxylic acids is 1. The highest BCUT2D eigenvalue weighted by Crippen LogP contribution is 2.31. The Balaban J connectivity index is 1.46. The van der Waals surface area contributed by atoms with Crippen molar-refractivity contribution in [1.82, 2.24) is 9.88 Å². The molecule has 1 amide bonds. The number of carbonyl (C=O) groups is 1. The molecule has 1 atom stereocenters. The highest BCUT2D eigenvalue weighted by Gasteiger charge is 2.27. The van der Waals surface area contributed by atoms with Crippen molar-refractivity contribution >= 4 is 11.7 Å². The number of aromatic nitrogens is 1. The van der Waals surface area contributed by atoms with Gasteiger partial charge in [-0.1, -0.05) is 12.1 Å². The van der Waals surface area contributed by atoms with Crippen LogP contribution in [0.1, 0.15) is 23.2 Å². The first kappa shape index (κ1) is 16.7. The van der Waals surface area contributed by atoms with Gasteiger partial charge in [0.15, 0.2) is 17.6 Å². The van der Waals surface area contributed by atoms with Crippen LogP contribution in [0.2, 0.25) is 0 Å². The summed E-state index contributed by atoms with van der Waals surface area (Å²) in [6, 6.07) is 11.3. The van der Waals surface area contributed by atoms with Gasteiger partial charge in [-0.2, -0.15) is 0 Å². The molecule has 1 aromatic carbocycles. The van der Waals surface area contributed by atoms with Gasteiger partial charge in [0.1, 0.15) is 12.4 Å². The summed E-state index contributed by atoms with van der Waals surface area (Å²) in [5.74, 6) is 2.22. The molecule has 0 N–H and O–H groups in total. The minimum absolute atomic E-state index is 0.0394. The standard InChI is InChI=1S/C20H23N3O3/c1-22(13-15-14-25-17-8-2-3-9-18(17)26-15)20(24)16-7-6-10-21-19(16)23-11-4-5-12-23/h2-3,6-10,15H,4-5,11-14H2,1H3/t15-/m1/s1. The molecule has 6 heteroatoms. The number of amides is 1. The van der Waals surface area contributed by atoms with Crippen molar-refractivity contribution in [2.75, 3.05) is 38.2 Å². The zero-order valence-corrected chi connectivity index (χ0v) is 14.9. The van der Waals surface area contributed by atoms with Crippen molar-refractivity contribution in [1.29, 1.82) is 0 Å². The molecule has 2 aliphatic rings. The van der Waals surface area contributed by atoms with Crippen LogP contribution in [0.25, 0.3) is 0 Å². The molecule has 2 aromatic rings. The van der Waals surface area contributed by atoms with Gasteiger partial charge in [0.05, 0.1) is 12.1 Å². The van der Waals surface area contributed by atoms with E-state index in [4.69, 9.17) is 9.47 Å². The van der Waals surface area contributed by atoms with Crippen molar-refractivity contribution in [2.24, 2.45) is 0 Å². The second-order valence-electron chi connectivity index (χ2n) is 6.75. The predicted molar refractivity (Wildman–Crippen MR) is 99.0 cm³/mol. The molecule has 3 heterocycles. The summed E-state index contributed by atoms with van der Waals surface area (Å²) in [6.45, 7) is 2.80. The topological polar surface area (TPSA) is 54.9 Å². The van der Waals surface area contributed by atoms with E-state index in [-0.39, 0.29) is 12.0 Å². The summed E-state index contributed by atoms with van der Waals surface area (Å²) in [7, 11) is 1.80. The fourth-order valence-electron chi connectivity index (χ4n) is 3.49. The number of hydrogen-bond acceptors (Lipinski definition) is 5. The first-order valence-electron chi connectivity index (χ1n) is 9.06. The van der Waals surface area contributed by atoms with Gasteiger partial charge in [0.25, 0.3) is 5.91 Å². The summed E-state index contributed by atoms with van der Waals surface area (Å²) >= 11 is 0. The molecule has 2 aliphatic heterocycles.